The van der Waals surface area contributed by atoms with Gasteiger partial charge in [-0.2, -0.15) is 0 Å². The second-order valence-electron chi connectivity index (χ2n) is 20.3. The van der Waals surface area contributed by atoms with Gasteiger partial charge in [-0.1, -0.05) is 165 Å². The average molecular weight is 1010 g/mol. The molecule has 2 heterocycles. The number of rotatable bonds is 6. The van der Waals surface area contributed by atoms with E-state index in [-0.39, 0.29) is 61.3 Å². The van der Waals surface area contributed by atoms with Crippen molar-refractivity contribution in [2.45, 2.75) is 104 Å². The van der Waals surface area contributed by atoms with E-state index in [9.17, 15) is 5.11 Å². The Bertz CT molecular complexity index is 3010. The molecule has 320 valence electrons. The summed E-state index contributed by atoms with van der Waals surface area (Å²) in [5.41, 5.74) is 20.0. The van der Waals surface area contributed by atoms with Crippen LogP contribution in [0.25, 0.3) is 50.6 Å². The number of phenols is 1. The number of phenolic OH excluding ortho intramolecular Hbond substituents is 1. The summed E-state index contributed by atoms with van der Waals surface area (Å²) in [6.07, 6.45) is 0. The van der Waals surface area contributed by atoms with Gasteiger partial charge in [-0.25, -0.2) is 0 Å². The molecule has 8 aromatic rings. The van der Waals surface area contributed by atoms with Crippen LogP contribution in [-0.2, 0) is 31.9 Å². The molecule has 0 aliphatic heterocycles. The van der Waals surface area contributed by atoms with E-state index >= 15 is 0 Å². The quantitative estimate of drug-likeness (QED) is 0.169. The van der Waals surface area contributed by atoms with Crippen molar-refractivity contribution in [3.8, 4) is 45.3 Å². The largest absolute Gasteiger partial charge is 0.507 e. The third-order valence-electron chi connectivity index (χ3n) is 13.4. The first-order valence-corrected chi connectivity index (χ1v) is 22.4. The first-order valence-electron chi connectivity index (χ1n) is 22.4. The first kappa shape index (κ1) is 42.7. The molecule has 0 atom stereocenters. The summed E-state index contributed by atoms with van der Waals surface area (Å²) >= 11 is 0. The Labute approximate surface area is 387 Å². The number of benzene rings is 6. The molecule has 1 N–H and O–H groups in total. The number of nitrogens with zero attached hydrogens (tertiary/aromatic N) is 3. The molecule has 0 fully saturated rings. The zero-order valence-corrected chi connectivity index (χ0v) is 40.3. The topological polar surface area (TPSA) is 50.9 Å². The molecule has 2 bridgehead atoms. The molecule has 0 saturated carbocycles. The van der Waals surface area contributed by atoms with Crippen molar-refractivity contribution < 1.29 is 26.2 Å². The molecule has 4 nitrogen and oxygen atoms in total. The number of pyridine rings is 1. The predicted octanol–water partition coefficient (Wildman–Crippen LogP) is 14.8. The Morgan fingerprint density at radius 1 is 0.556 bits per heavy atom. The molecular weight excluding hydrogens is 950 g/mol. The van der Waals surface area contributed by atoms with Crippen LogP contribution in [0.15, 0.2) is 127 Å². The van der Waals surface area contributed by atoms with Gasteiger partial charge < -0.3 is 9.67 Å². The molecule has 3 aliphatic rings. The monoisotopic (exact) mass is 1010 g/mol. The van der Waals surface area contributed by atoms with E-state index in [1.807, 2.05) is 18.2 Å². The van der Waals surface area contributed by atoms with Gasteiger partial charge in [0.15, 0.2) is 0 Å². The van der Waals surface area contributed by atoms with Crippen molar-refractivity contribution in [2.75, 3.05) is 0 Å². The maximum atomic E-state index is 11.8. The SMILES string of the molecule is CC(C)c1cccc(C(C)C)c1-n1c(-c2[c-]c(-c3cccc(-c4cc(C(C)(C)C)cc(C(C)(C)C)c4O)n3)ccc2)nc2cc3c(cc21)C1c2ccccc2C3c2ccccc21.[Pt]. The fourth-order valence-electron chi connectivity index (χ4n) is 10.2. The third-order valence-corrected chi connectivity index (χ3v) is 13.4. The number of fused-ring (bicyclic) bond motifs is 1. The van der Waals surface area contributed by atoms with Gasteiger partial charge in [-0.3, -0.25) is 9.97 Å². The van der Waals surface area contributed by atoms with Gasteiger partial charge >= 0.3 is 0 Å². The van der Waals surface area contributed by atoms with E-state index in [2.05, 4.69) is 189 Å². The zero-order valence-electron chi connectivity index (χ0n) is 38.0. The van der Waals surface area contributed by atoms with Crippen molar-refractivity contribution >= 4 is 11.0 Å². The van der Waals surface area contributed by atoms with Crippen molar-refractivity contribution in [1.29, 1.82) is 0 Å². The maximum absolute atomic E-state index is 11.8. The fourth-order valence-corrected chi connectivity index (χ4v) is 10.2. The van der Waals surface area contributed by atoms with Crippen LogP contribution in [0, 0.1) is 6.07 Å². The van der Waals surface area contributed by atoms with Crippen molar-refractivity contribution in [1.82, 2.24) is 14.5 Å². The van der Waals surface area contributed by atoms with E-state index in [1.165, 1.54) is 55.8 Å². The van der Waals surface area contributed by atoms with Gasteiger partial charge in [0, 0.05) is 55.4 Å². The number of aromatic nitrogens is 3. The summed E-state index contributed by atoms with van der Waals surface area (Å²) in [7, 11) is 0. The van der Waals surface area contributed by atoms with Crippen LogP contribution in [0.5, 0.6) is 5.75 Å². The number of aromatic hydroxyl groups is 1. The van der Waals surface area contributed by atoms with E-state index < -0.39 is 0 Å². The maximum Gasteiger partial charge on any atom is 0.128 e. The predicted molar refractivity (Wildman–Crippen MR) is 256 cm³/mol. The molecule has 0 radical (unpaired) electrons. The number of imidazole rings is 1. The second kappa shape index (κ2) is 15.6. The minimum Gasteiger partial charge on any atom is -0.507 e. The molecule has 2 aromatic heterocycles. The van der Waals surface area contributed by atoms with Crippen molar-refractivity contribution in [3.63, 3.8) is 0 Å². The fraction of sp³-hybridized carbons (Fsp3) is 0.276. The molecule has 63 heavy (non-hydrogen) atoms. The standard InChI is InChI=1S/C58H56N3O.Pt/c1-33(2)38-24-16-25-39(34(3)4)54(38)61-51-32-45-44(52-40-20-11-13-22-42(40)53(45)43-23-14-12-21-41(43)52)31-50(51)60-56(61)36-19-15-18-35(28-36)48-26-17-27-49(59-48)46-29-37(57(5,6)7)30-47(55(46)62)58(8,9)10;/h11-27,29-34,52-53,62H,1-10H3;/q-1;. The van der Waals surface area contributed by atoms with Crippen LogP contribution in [0.1, 0.15) is 149 Å². The molecule has 0 spiro atoms. The molecular formula is C58H56N3OPt-. The summed E-state index contributed by atoms with van der Waals surface area (Å²) in [5, 5.41) is 11.8. The van der Waals surface area contributed by atoms with Crippen LogP contribution in [0.4, 0.5) is 0 Å². The van der Waals surface area contributed by atoms with Crippen LogP contribution >= 0.6 is 0 Å². The molecule has 11 rings (SSSR count). The Morgan fingerprint density at radius 2 is 1.08 bits per heavy atom. The number of hydrogen-bond acceptors (Lipinski definition) is 3. The van der Waals surface area contributed by atoms with Gasteiger partial charge in [0.2, 0.25) is 0 Å². The normalized spacial score (nSPS) is 15.4. The van der Waals surface area contributed by atoms with E-state index in [1.54, 1.807) is 0 Å². The van der Waals surface area contributed by atoms with Gasteiger partial charge in [0.1, 0.15) is 5.75 Å². The minimum absolute atomic E-state index is 0. The Morgan fingerprint density at radius 3 is 1.63 bits per heavy atom. The van der Waals surface area contributed by atoms with Crippen LogP contribution < -0.4 is 0 Å². The smallest absolute Gasteiger partial charge is 0.128 e. The number of para-hydroxylation sites is 1. The Hall–Kier alpha value is -5.57. The van der Waals surface area contributed by atoms with E-state index in [4.69, 9.17) is 9.97 Å². The summed E-state index contributed by atoms with van der Waals surface area (Å²) in [4.78, 5) is 10.9. The van der Waals surface area contributed by atoms with Gasteiger partial charge in [-0.15, -0.1) is 24.3 Å². The van der Waals surface area contributed by atoms with E-state index in [0.29, 0.717) is 0 Å². The molecule has 0 unspecified atom stereocenters. The summed E-state index contributed by atoms with van der Waals surface area (Å²) < 4.78 is 2.45. The molecule has 0 amide bonds. The van der Waals surface area contributed by atoms with Crippen molar-refractivity contribution in [3.05, 3.63) is 189 Å². The first-order chi connectivity index (χ1) is 29.6. The zero-order chi connectivity index (χ0) is 43.4. The Balaban J connectivity index is 0.00000504. The van der Waals surface area contributed by atoms with E-state index in [0.717, 1.165) is 50.5 Å². The van der Waals surface area contributed by atoms with Gasteiger partial charge in [-0.05, 0) is 97.0 Å². The van der Waals surface area contributed by atoms with Crippen molar-refractivity contribution in [2.24, 2.45) is 0 Å². The molecule has 3 aliphatic carbocycles. The van der Waals surface area contributed by atoms with Crippen LogP contribution in [0.2, 0.25) is 0 Å². The van der Waals surface area contributed by atoms with Crippen LogP contribution in [-0.4, -0.2) is 19.6 Å². The summed E-state index contributed by atoms with van der Waals surface area (Å²) in [5.74, 6) is 2.04. The average Bonchev–Trinajstić information content (AvgIpc) is 3.62. The minimum atomic E-state index is -0.248. The molecule has 0 saturated heterocycles. The number of hydrogen-bond donors (Lipinski definition) is 1. The Kier molecular flexibility index (Phi) is 10.6. The third kappa shape index (κ3) is 7.01. The second-order valence-corrected chi connectivity index (χ2v) is 20.3. The van der Waals surface area contributed by atoms with Crippen LogP contribution in [0.3, 0.4) is 0 Å². The summed E-state index contributed by atoms with van der Waals surface area (Å²) in [6.45, 7) is 22.3. The van der Waals surface area contributed by atoms with Gasteiger partial charge in [0.25, 0.3) is 0 Å². The summed E-state index contributed by atoms with van der Waals surface area (Å²) in [6, 6.07) is 50.2. The molecule has 6 aromatic carbocycles. The molecule has 5 heteroatoms. The van der Waals surface area contributed by atoms with Gasteiger partial charge in [0.05, 0.1) is 22.6 Å².